The second-order valence-corrected chi connectivity index (χ2v) is 5.59. The van der Waals surface area contributed by atoms with Gasteiger partial charge >= 0.3 is 0 Å². The molecule has 1 heterocycles. The summed E-state index contributed by atoms with van der Waals surface area (Å²) in [5.74, 6) is 0.684. The lowest BCUT2D eigenvalue weighted by molar-refractivity contribution is -0.128. The van der Waals surface area contributed by atoms with E-state index in [1.165, 1.54) is 0 Å². The zero-order valence-electron chi connectivity index (χ0n) is 12.2. The van der Waals surface area contributed by atoms with Crippen LogP contribution in [-0.4, -0.2) is 31.0 Å². The normalized spacial score (nSPS) is 20.4. The molecule has 1 saturated carbocycles. The van der Waals surface area contributed by atoms with Gasteiger partial charge in [-0.05, 0) is 31.4 Å². The molecule has 0 radical (unpaired) electrons. The summed E-state index contributed by atoms with van der Waals surface area (Å²) in [5.41, 5.74) is 0.772. The lowest BCUT2D eigenvalue weighted by Gasteiger charge is -2.34. The third-order valence-electron chi connectivity index (χ3n) is 3.81. The van der Waals surface area contributed by atoms with Crippen LogP contribution in [0, 0.1) is 5.92 Å². The molecule has 1 fully saturated rings. The SMILES string of the molecule is CCCNC(=O)[C@@H]1CN(C(=O)C2CC2)c2ccccc2O1. The monoisotopic (exact) mass is 288 g/mol. The van der Waals surface area contributed by atoms with Gasteiger partial charge in [-0.1, -0.05) is 19.1 Å². The van der Waals surface area contributed by atoms with E-state index >= 15 is 0 Å². The van der Waals surface area contributed by atoms with Crippen molar-refractivity contribution in [1.82, 2.24) is 5.32 Å². The zero-order valence-corrected chi connectivity index (χ0v) is 12.2. The van der Waals surface area contributed by atoms with Crippen LogP contribution in [0.2, 0.25) is 0 Å². The van der Waals surface area contributed by atoms with Crippen LogP contribution >= 0.6 is 0 Å². The summed E-state index contributed by atoms with van der Waals surface area (Å²) in [5, 5.41) is 2.84. The van der Waals surface area contributed by atoms with E-state index < -0.39 is 6.10 Å². The first-order valence-corrected chi connectivity index (χ1v) is 7.55. The van der Waals surface area contributed by atoms with Gasteiger partial charge in [0.2, 0.25) is 5.91 Å². The molecule has 1 aromatic rings. The highest BCUT2D eigenvalue weighted by Gasteiger charge is 2.39. The first kappa shape index (κ1) is 13.9. The lowest BCUT2D eigenvalue weighted by Crippen LogP contribution is -2.51. The molecule has 1 aliphatic heterocycles. The fourth-order valence-corrected chi connectivity index (χ4v) is 2.49. The highest BCUT2D eigenvalue weighted by Crippen LogP contribution is 2.38. The second-order valence-electron chi connectivity index (χ2n) is 5.59. The molecule has 1 N–H and O–H groups in total. The molecule has 0 bridgehead atoms. The zero-order chi connectivity index (χ0) is 14.8. The van der Waals surface area contributed by atoms with Crippen LogP contribution in [0.1, 0.15) is 26.2 Å². The minimum absolute atomic E-state index is 0.110. The maximum Gasteiger partial charge on any atom is 0.262 e. The molecule has 0 aromatic heterocycles. The number of hydrogen-bond acceptors (Lipinski definition) is 3. The van der Waals surface area contributed by atoms with Crippen LogP contribution in [0.3, 0.4) is 0 Å². The molecule has 1 atom stereocenters. The van der Waals surface area contributed by atoms with Gasteiger partial charge in [-0.3, -0.25) is 9.59 Å². The third kappa shape index (κ3) is 2.86. The topological polar surface area (TPSA) is 58.6 Å². The number of ether oxygens (including phenoxy) is 1. The molecule has 5 nitrogen and oxygen atoms in total. The van der Waals surface area contributed by atoms with Gasteiger partial charge in [-0.25, -0.2) is 0 Å². The Morgan fingerprint density at radius 3 is 2.81 bits per heavy atom. The Labute approximate surface area is 124 Å². The molecule has 21 heavy (non-hydrogen) atoms. The third-order valence-corrected chi connectivity index (χ3v) is 3.81. The fourth-order valence-electron chi connectivity index (χ4n) is 2.49. The molecule has 0 spiro atoms. The molecule has 3 rings (SSSR count). The minimum Gasteiger partial charge on any atom is -0.477 e. The summed E-state index contributed by atoms with van der Waals surface area (Å²) < 4.78 is 5.77. The molecular weight excluding hydrogens is 268 g/mol. The van der Waals surface area contributed by atoms with Crippen LogP contribution < -0.4 is 15.0 Å². The number of hydrogen-bond donors (Lipinski definition) is 1. The van der Waals surface area contributed by atoms with Gasteiger partial charge in [0.1, 0.15) is 5.75 Å². The number of rotatable bonds is 4. The summed E-state index contributed by atoms with van der Waals surface area (Å²) in [4.78, 5) is 26.3. The van der Waals surface area contributed by atoms with Gasteiger partial charge in [-0.2, -0.15) is 0 Å². The van der Waals surface area contributed by atoms with Crippen LogP contribution in [-0.2, 0) is 9.59 Å². The van der Waals surface area contributed by atoms with Crippen molar-refractivity contribution in [2.24, 2.45) is 5.92 Å². The smallest absolute Gasteiger partial charge is 0.262 e. The number of nitrogens with zero attached hydrogens (tertiary/aromatic N) is 1. The molecule has 2 aliphatic rings. The summed E-state index contributed by atoms with van der Waals surface area (Å²) >= 11 is 0. The second kappa shape index (κ2) is 5.76. The van der Waals surface area contributed by atoms with Crippen molar-refractivity contribution in [3.05, 3.63) is 24.3 Å². The Morgan fingerprint density at radius 1 is 1.33 bits per heavy atom. The number of anilines is 1. The predicted octanol–water partition coefficient (Wildman–Crippen LogP) is 1.72. The molecular formula is C16H20N2O3. The van der Waals surface area contributed by atoms with E-state index in [0.717, 1.165) is 24.9 Å². The van der Waals surface area contributed by atoms with E-state index in [4.69, 9.17) is 4.74 Å². The van der Waals surface area contributed by atoms with Crippen LogP contribution in [0.25, 0.3) is 0 Å². The number of benzene rings is 1. The van der Waals surface area contributed by atoms with Crippen molar-refractivity contribution < 1.29 is 14.3 Å². The number of para-hydroxylation sites is 2. The van der Waals surface area contributed by atoms with E-state index in [2.05, 4.69) is 5.32 Å². The Morgan fingerprint density at radius 2 is 2.10 bits per heavy atom. The largest absolute Gasteiger partial charge is 0.477 e. The van der Waals surface area contributed by atoms with Gasteiger partial charge in [-0.15, -0.1) is 0 Å². The number of fused-ring (bicyclic) bond motifs is 1. The van der Waals surface area contributed by atoms with Crippen molar-refractivity contribution in [1.29, 1.82) is 0 Å². The minimum atomic E-state index is -0.630. The van der Waals surface area contributed by atoms with Crippen molar-refractivity contribution >= 4 is 17.5 Å². The summed E-state index contributed by atoms with van der Waals surface area (Å²) in [7, 11) is 0. The molecule has 0 saturated heterocycles. The van der Waals surface area contributed by atoms with Crippen LogP contribution in [0.15, 0.2) is 24.3 Å². The number of nitrogens with one attached hydrogen (secondary N) is 1. The van der Waals surface area contributed by atoms with Gasteiger partial charge < -0.3 is 15.0 Å². The van der Waals surface area contributed by atoms with Gasteiger partial charge in [0.25, 0.3) is 5.91 Å². The maximum absolute atomic E-state index is 12.4. The van der Waals surface area contributed by atoms with E-state index in [1.807, 2.05) is 31.2 Å². The Hall–Kier alpha value is -2.04. The quantitative estimate of drug-likeness (QED) is 0.917. The highest BCUT2D eigenvalue weighted by molar-refractivity contribution is 5.99. The molecule has 1 aromatic carbocycles. The number of amides is 2. The van der Waals surface area contributed by atoms with Gasteiger partial charge in [0, 0.05) is 12.5 Å². The number of carbonyl (C=O) groups is 2. The van der Waals surface area contributed by atoms with E-state index in [0.29, 0.717) is 18.8 Å². The van der Waals surface area contributed by atoms with E-state index in [1.54, 1.807) is 4.90 Å². The highest BCUT2D eigenvalue weighted by atomic mass is 16.5. The van der Waals surface area contributed by atoms with Crippen molar-refractivity contribution in [3.8, 4) is 5.75 Å². The van der Waals surface area contributed by atoms with Crippen LogP contribution in [0.5, 0.6) is 5.75 Å². The van der Waals surface area contributed by atoms with Gasteiger partial charge in [0.15, 0.2) is 6.10 Å². The Kier molecular flexibility index (Phi) is 3.82. The van der Waals surface area contributed by atoms with E-state index in [-0.39, 0.29) is 17.7 Å². The summed E-state index contributed by atoms with van der Waals surface area (Å²) in [6, 6.07) is 7.41. The van der Waals surface area contributed by atoms with Gasteiger partial charge in [0.05, 0.1) is 12.2 Å². The van der Waals surface area contributed by atoms with Crippen molar-refractivity contribution in [2.45, 2.75) is 32.3 Å². The Bertz CT molecular complexity index is 554. The van der Waals surface area contributed by atoms with Crippen LogP contribution in [0.4, 0.5) is 5.69 Å². The summed E-state index contributed by atoms with van der Waals surface area (Å²) in [6.07, 6.45) is 2.14. The van der Waals surface area contributed by atoms with Crippen molar-refractivity contribution in [2.75, 3.05) is 18.0 Å². The molecule has 1 aliphatic carbocycles. The molecule has 112 valence electrons. The Balaban J connectivity index is 1.82. The first-order valence-electron chi connectivity index (χ1n) is 7.55. The standard InChI is InChI=1S/C16H20N2O3/c1-2-9-17-15(19)14-10-18(16(20)11-7-8-11)12-5-3-4-6-13(12)21-14/h3-6,11,14H,2,7-10H2,1H3,(H,17,19)/t14-/m0/s1. The molecule has 2 amide bonds. The van der Waals surface area contributed by atoms with E-state index in [9.17, 15) is 9.59 Å². The van der Waals surface area contributed by atoms with Crippen molar-refractivity contribution in [3.63, 3.8) is 0 Å². The average molecular weight is 288 g/mol. The summed E-state index contributed by atoms with van der Waals surface area (Å²) in [6.45, 7) is 2.92. The maximum atomic E-state index is 12.4. The lowest BCUT2D eigenvalue weighted by atomic mass is 10.1. The first-order chi connectivity index (χ1) is 10.2. The average Bonchev–Trinajstić information content (AvgIpc) is 3.35. The predicted molar refractivity (Wildman–Crippen MR) is 79.2 cm³/mol. The number of carbonyl (C=O) groups excluding carboxylic acids is 2. The molecule has 0 unspecified atom stereocenters. The molecule has 5 heteroatoms. The fraction of sp³-hybridized carbons (Fsp3) is 0.500.